The lowest BCUT2D eigenvalue weighted by Gasteiger charge is -2.40. The van der Waals surface area contributed by atoms with Crippen LogP contribution in [-0.2, 0) is 9.59 Å². The van der Waals surface area contributed by atoms with Crippen LogP contribution in [0.5, 0.6) is 0 Å². The molecule has 2 N–H and O–H groups in total. The van der Waals surface area contributed by atoms with E-state index in [9.17, 15) is 9.59 Å². The van der Waals surface area contributed by atoms with Gasteiger partial charge in [-0.05, 0) is 25.8 Å². The molecule has 1 saturated heterocycles. The van der Waals surface area contributed by atoms with Gasteiger partial charge in [-0.15, -0.1) is 0 Å². The van der Waals surface area contributed by atoms with E-state index >= 15 is 0 Å². The maximum atomic E-state index is 12.8. The third-order valence-corrected chi connectivity index (χ3v) is 4.16. The molecule has 2 fully saturated rings. The highest BCUT2D eigenvalue weighted by Gasteiger charge is 2.42. The van der Waals surface area contributed by atoms with E-state index in [-0.39, 0.29) is 11.8 Å². The van der Waals surface area contributed by atoms with E-state index in [1.807, 2.05) is 4.90 Å². The van der Waals surface area contributed by atoms with Crippen molar-refractivity contribution in [3.05, 3.63) is 0 Å². The van der Waals surface area contributed by atoms with Crippen molar-refractivity contribution in [3.8, 4) is 0 Å². The summed E-state index contributed by atoms with van der Waals surface area (Å²) in [7, 11) is 0. The van der Waals surface area contributed by atoms with E-state index in [4.69, 9.17) is 0 Å². The summed E-state index contributed by atoms with van der Waals surface area (Å²) in [5.74, 6) is 0.0364. The summed E-state index contributed by atoms with van der Waals surface area (Å²) < 4.78 is 0. The first kappa shape index (κ1) is 14.3. The van der Waals surface area contributed by atoms with Crippen LogP contribution in [-0.4, -0.2) is 48.4 Å². The molecule has 19 heavy (non-hydrogen) atoms. The topological polar surface area (TPSA) is 61.4 Å². The Bertz CT molecular complexity index is 330. The first-order chi connectivity index (χ1) is 9.14. The van der Waals surface area contributed by atoms with Gasteiger partial charge in [0.05, 0.1) is 0 Å². The molecule has 0 aromatic heterocycles. The van der Waals surface area contributed by atoms with Crippen LogP contribution >= 0.6 is 0 Å². The number of hydrogen-bond acceptors (Lipinski definition) is 3. The van der Waals surface area contributed by atoms with Crippen LogP contribution < -0.4 is 10.6 Å². The van der Waals surface area contributed by atoms with Gasteiger partial charge in [0.15, 0.2) is 0 Å². The molecule has 0 unspecified atom stereocenters. The van der Waals surface area contributed by atoms with Gasteiger partial charge < -0.3 is 15.5 Å². The first-order valence-corrected chi connectivity index (χ1v) is 7.43. The van der Waals surface area contributed by atoms with Crippen molar-refractivity contribution < 1.29 is 9.59 Å². The van der Waals surface area contributed by atoms with Crippen LogP contribution in [0, 0.1) is 0 Å². The van der Waals surface area contributed by atoms with Crippen LogP contribution in [0.2, 0.25) is 0 Å². The molecule has 0 spiro atoms. The highest BCUT2D eigenvalue weighted by Crippen LogP contribution is 2.30. The van der Waals surface area contributed by atoms with Crippen molar-refractivity contribution in [1.82, 2.24) is 15.5 Å². The van der Waals surface area contributed by atoms with Crippen LogP contribution in [0.15, 0.2) is 0 Å². The molecular formula is C14H25N3O2. The molecule has 2 aliphatic rings. The number of nitrogens with zero attached hydrogens (tertiary/aromatic N) is 1. The van der Waals surface area contributed by atoms with Crippen molar-refractivity contribution in [2.45, 2.75) is 51.0 Å². The fourth-order valence-corrected chi connectivity index (χ4v) is 3.24. The number of amides is 2. The van der Waals surface area contributed by atoms with Gasteiger partial charge in [0.1, 0.15) is 5.54 Å². The van der Waals surface area contributed by atoms with E-state index in [1.165, 1.54) is 6.92 Å². The average Bonchev–Trinajstić information content (AvgIpc) is 2.67. The minimum absolute atomic E-state index is 0.0943. The molecule has 0 aromatic carbocycles. The Kier molecular flexibility index (Phi) is 4.80. The maximum absolute atomic E-state index is 12.8. The minimum Gasteiger partial charge on any atom is -0.342 e. The van der Waals surface area contributed by atoms with E-state index < -0.39 is 5.54 Å². The number of rotatable bonds is 2. The molecule has 2 amide bonds. The summed E-state index contributed by atoms with van der Waals surface area (Å²) in [6, 6.07) is 0. The third-order valence-electron chi connectivity index (χ3n) is 4.16. The van der Waals surface area contributed by atoms with Gasteiger partial charge >= 0.3 is 0 Å². The monoisotopic (exact) mass is 267 g/mol. The zero-order valence-electron chi connectivity index (χ0n) is 11.8. The SMILES string of the molecule is CC(=O)NC1(C(=O)N2CCCNCC2)CCCCC1. The van der Waals surface area contributed by atoms with Gasteiger partial charge in [0.25, 0.3) is 0 Å². The van der Waals surface area contributed by atoms with Crippen LogP contribution in [0.25, 0.3) is 0 Å². The Labute approximate surface area is 115 Å². The lowest BCUT2D eigenvalue weighted by Crippen LogP contribution is -2.60. The predicted octanol–water partition coefficient (Wildman–Crippen LogP) is 0.647. The van der Waals surface area contributed by atoms with Gasteiger partial charge in [-0.1, -0.05) is 19.3 Å². The van der Waals surface area contributed by atoms with Gasteiger partial charge in [-0.25, -0.2) is 0 Å². The summed E-state index contributed by atoms with van der Waals surface area (Å²) in [6.45, 7) is 4.87. The molecule has 0 atom stereocenters. The van der Waals surface area contributed by atoms with E-state index in [0.29, 0.717) is 0 Å². The molecule has 1 heterocycles. The van der Waals surface area contributed by atoms with E-state index in [1.54, 1.807) is 0 Å². The van der Waals surface area contributed by atoms with Crippen LogP contribution in [0.3, 0.4) is 0 Å². The zero-order valence-corrected chi connectivity index (χ0v) is 11.8. The lowest BCUT2D eigenvalue weighted by molar-refractivity contribution is -0.143. The fraction of sp³-hybridized carbons (Fsp3) is 0.857. The Balaban J connectivity index is 2.11. The standard InChI is InChI=1S/C14H25N3O2/c1-12(18)16-14(6-3-2-4-7-14)13(19)17-10-5-8-15-9-11-17/h15H,2-11H2,1H3,(H,16,18). The molecule has 0 bridgehead atoms. The van der Waals surface area contributed by atoms with Crippen LogP contribution in [0.4, 0.5) is 0 Å². The van der Waals surface area contributed by atoms with Crippen molar-refractivity contribution >= 4 is 11.8 Å². The second-order valence-electron chi connectivity index (χ2n) is 5.72. The highest BCUT2D eigenvalue weighted by atomic mass is 16.2. The number of carbonyl (C=O) groups excluding carboxylic acids is 2. The smallest absolute Gasteiger partial charge is 0.248 e. The largest absolute Gasteiger partial charge is 0.342 e. The number of nitrogens with one attached hydrogen (secondary N) is 2. The molecule has 5 nitrogen and oxygen atoms in total. The van der Waals surface area contributed by atoms with Gasteiger partial charge in [-0.3, -0.25) is 9.59 Å². The Morgan fingerprint density at radius 1 is 1.05 bits per heavy atom. The normalized spacial score (nSPS) is 23.5. The van der Waals surface area contributed by atoms with Crippen molar-refractivity contribution in [2.24, 2.45) is 0 Å². The number of hydrogen-bond donors (Lipinski definition) is 2. The molecule has 5 heteroatoms. The molecule has 1 saturated carbocycles. The quantitative estimate of drug-likeness (QED) is 0.772. The Morgan fingerprint density at radius 2 is 1.79 bits per heavy atom. The Morgan fingerprint density at radius 3 is 2.47 bits per heavy atom. The first-order valence-electron chi connectivity index (χ1n) is 7.43. The van der Waals surface area contributed by atoms with Gasteiger partial charge in [0.2, 0.25) is 11.8 Å². The molecule has 1 aliphatic carbocycles. The molecule has 0 aromatic rings. The summed E-state index contributed by atoms with van der Waals surface area (Å²) in [5.41, 5.74) is -0.631. The summed E-state index contributed by atoms with van der Waals surface area (Å²) in [6.07, 6.45) is 5.78. The minimum atomic E-state index is -0.631. The van der Waals surface area contributed by atoms with Crippen LogP contribution in [0.1, 0.15) is 45.4 Å². The zero-order chi connectivity index (χ0) is 13.7. The molecule has 2 rings (SSSR count). The lowest BCUT2D eigenvalue weighted by atomic mass is 9.80. The third kappa shape index (κ3) is 3.47. The van der Waals surface area contributed by atoms with Gasteiger partial charge in [0, 0.05) is 26.6 Å². The second-order valence-corrected chi connectivity index (χ2v) is 5.72. The number of carbonyl (C=O) groups is 2. The summed E-state index contributed by atoms with van der Waals surface area (Å²) >= 11 is 0. The summed E-state index contributed by atoms with van der Waals surface area (Å²) in [4.78, 5) is 26.3. The van der Waals surface area contributed by atoms with Gasteiger partial charge in [-0.2, -0.15) is 0 Å². The van der Waals surface area contributed by atoms with Crippen molar-refractivity contribution in [3.63, 3.8) is 0 Å². The summed E-state index contributed by atoms with van der Waals surface area (Å²) in [5, 5.41) is 6.27. The predicted molar refractivity (Wildman–Crippen MR) is 73.7 cm³/mol. The molecule has 1 aliphatic heterocycles. The Hall–Kier alpha value is -1.10. The molecular weight excluding hydrogens is 242 g/mol. The van der Waals surface area contributed by atoms with E-state index in [2.05, 4.69) is 10.6 Å². The fourth-order valence-electron chi connectivity index (χ4n) is 3.24. The second kappa shape index (κ2) is 6.37. The molecule has 108 valence electrons. The van der Waals surface area contributed by atoms with Crippen molar-refractivity contribution in [1.29, 1.82) is 0 Å². The van der Waals surface area contributed by atoms with Crippen molar-refractivity contribution in [2.75, 3.05) is 26.2 Å². The molecule has 0 radical (unpaired) electrons. The average molecular weight is 267 g/mol. The van der Waals surface area contributed by atoms with E-state index in [0.717, 1.165) is 64.7 Å². The maximum Gasteiger partial charge on any atom is 0.248 e. The highest BCUT2D eigenvalue weighted by molar-refractivity contribution is 5.91.